The fraction of sp³-hybridized carbons (Fsp3) is 0.143. The molecule has 1 aromatic carbocycles. The van der Waals surface area contributed by atoms with Crippen LogP contribution in [0.1, 0.15) is 5.56 Å². The van der Waals surface area contributed by atoms with Crippen LogP contribution in [-0.4, -0.2) is 0 Å². The van der Waals surface area contributed by atoms with Crippen LogP contribution < -0.4 is 0 Å². The van der Waals surface area contributed by atoms with E-state index in [0.717, 1.165) is 5.56 Å². The van der Waals surface area contributed by atoms with E-state index < -0.39 is 0 Å². The Morgan fingerprint density at radius 3 is 2.22 bits per heavy atom. The molecule has 1 aromatic rings. The summed E-state index contributed by atoms with van der Waals surface area (Å²) in [6.45, 7) is 0. The highest BCUT2D eigenvalue weighted by Crippen LogP contribution is 2.04. The molecule has 0 unspecified atom stereocenters. The van der Waals surface area contributed by atoms with Crippen LogP contribution in [0.4, 0.5) is 4.39 Å². The maximum absolute atomic E-state index is 12.2. The second-order valence-electron chi connectivity index (χ2n) is 1.76. The van der Waals surface area contributed by atoms with E-state index in [-0.39, 0.29) is 5.82 Å². The van der Waals surface area contributed by atoms with Crippen LogP contribution in [0.5, 0.6) is 0 Å². The Balaban J connectivity index is 2.88. The van der Waals surface area contributed by atoms with Gasteiger partial charge < -0.3 is 0 Å². The van der Waals surface area contributed by atoms with E-state index in [2.05, 4.69) is 0 Å². The van der Waals surface area contributed by atoms with Crippen LogP contribution in [0.15, 0.2) is 24.3 Å². The normalized spacial score (nSPS) is 9.56. The van der Waals surface area contributed by atoms with Gasteiger partial charge in [0.2, 0.25) is 0 Å². The molecule has 0 aliphatic rings. The topological polar surface area (TPSA) is 0 Å². The van der Waals surface area contributed by atoms with Crippen molar-refractivity contribution in [3.05, 3.63) is 35.6 Å². The molecule has 0 radical (unpaired) electrons. The molecule has 0 atom stereocenters. The Labute approximate surface area is 58.3 Å². The van der Waals surface area contributed by atoms with Crippen LogP contribution >= 0.6 is 11.6 Å². The van der Waals surface area contributed by atoms with Crippen LogP contribution in [0, 0.1) is 5.82 Å². The lowest BCUT2D eigenvalue weighted by Gasteiger charge is -1.91. The Kier molecular flexibility index (Phi) is 2.06. The Morgan fingerprint density at radius 2 is 1.78 bits per heavy atom. The van der Waals surface area contributed by atoms with E-state index in [9.17, 15) is 4.39 Å². The minimum absolute atomic E-state index is 0.219. The first-order valence-corrected chi connectivity index (χ1v) is 3.17. The van der Waals surface area contributed by atoms with Gasteiger partial charge in [-0.15, -0.1) is 11.6 Å². The number of halogens is 2. The van der Waals surface area contributed by atoms with Gasteiger partial charge in [0, 0.05) is 5.88 Å². The predicted octanol–water partition coefficient (Wildman–Crippen LogP) is 2.56. The zero-order chi connectivity index (χ0) is 6.69. The minimum Gasteiger partial charge on any atom is -0.207 e. The maximum Gasteiger partial charge on any atom is 0.123 e. The van der Waals surface area contributed by atoms with Crippen molar-refractivity contribution in [1.82, 2.24) is 0 Å². The monoisotopic (exact) mass is 143 g/mol. The summed E-state index contributed by atoms with van der Waals surface area (Å²) in [7, 11) is 0. The van der Waals surface area contributed by atoms with Gasteiger partial charge in [0.15, 0.2) is 0 Å². The van der Waals surface area contributed by atoms with Crippen molar-refractivity contribution in [1.29, 1.82) is 0 Å². The lowest BCUT2D eigenvalue weighted by molar-refractivity contribution is 0.627. The molecule has 48 valence electrons. The average Bonchev–Trinajstić information content (AvgIpc) is 1.90. The van der Waals surface area contributed by atoms with Gasteiger partial charge in [-0.05, 0) is 17.7 Å². The SMILES string of the molecule is [18F]c1ccc(CCl)cc1. The summed E-state index contributed by atoms with van der Waals surface area (Å²) >= 11 is 5.46. The first kappa shape index (κ1) is 6.56. The second-order valence-corrected chi connectivity index (χ2v) is 2.03. The van der Waals surface area contributed by atoms with Crippen LogP contribution in [0.2, 0.25) is 0 Å². The molecule has 1 rings (SSSR count). The zero-order valence-corrected chi connectivity index (χ0v) is 5.53. The van der Waals surface area contributed by atoms with Crippen molar-refractivity contribution >= 4 is 11.6 Å². The molecule has 2 heteroatoms. The van der Waals surface area contributed by atoms with Crippen molar-refractivity contribution in [3.8, 4) is 0 Å². The van der Waals surface area contributed by atoms with Crippen LogP contribution in [0.3, 0.4) is 0 Å². The van der Waals surface area contributed by atoms with E-state index in [4.69, 9.17) is 11.6 Å². The molecule has 0 bridgehead atoms. The summed E-state index contributed by atoms with van der Waals surface area (Å²) < 4.78 is 12.2. The Bertz CT molecular complexity index is 181. The van der Waals surface area contributed by atoms with E-state index >= 15 is 0 Å². The highest BCUT2D eigenvalue weighted by Gasteiger charge is 1.88. The molecule has 0 amide bonds. The van der Waals surface area contributed by atoms with Gasteiger partial charge >= 0.3 is 0 Å². The number of benzene rings is 1. The quantitative estimate of drug-likeness (QED) is 0.530. The molecule has 9 heavy (non-hydrogen) atoms. The third-order valence-electron chi connectivity index (χ3n) is 1.07. The smallest absolute Gasteiger partial charge is 0.123 e. The third kappa shape index (κ3) is 1.68. The lowest BCUT2D eigenvalue weighted by atomic mass is 10.2. The Hall–Kier alpha value is -0.560. The van der Waals surface area contributed by atoms with Gasteiger partial charge in [-0.1, -0.05) is 12.1 Å². The molecule has 0 fully saturated rings. The first-order chi connectivity index (χ1) is 4.33. The number of hydrogen-bond acceptors (Lipinski definition) is 0. The zero-order valence-electron chi connectivity index (χ0n) is 4.77. The minimum atomic E-state index is -0.219. The van der Waals surface area contributed by atoms with Crippen molar-refractivity contribution in [2.75, 3.05) is 0 Å². The molecule has 0 nitrogen and oxygen atoms in total. The van der Waals surface area contributed by atoms with Gasteiger partial charge in [-0.2, -0.15) is 0 Å². The fourth-order valence-corrected chi connectivity index (χ4v) is 0.752. The highest BCUT2D eigenvalue weighted by molar-refractivity contribution is 6.17. The van der Waals surface area contributed by atoms with E-state index in [1.807, 2.05) is 0 Å². The summed E-state index contributed by atoms with van der Waals surface area (Å²) in [6, 6.07) is 6.14. The molecule has 0 aromatic heterocycles. The summed E-state index contributed by atoms with van der Waals surface area (Å²) in [5, 5.41) is 0. The number of hydrogen-bond donors (Lipinski definition) is 0. The molecule has 0 spiro atoms. The van der Waals surface area contributed by atoms with Gasteiger partial charge in [0.05, 0.1) is 0 Å². The molecule has 0 aliphatic heterocycles. The molecule has 0 aliphatic carbocycles. The van der Waals surface area contributed by atoms with Gasteiger partial charge in [-0.25, -0.2) is 4.39 Å². The maximum atomic E-state index is 12.2. The largest absolute Gasteiger partial charge is 0.207 e. The van der Waals surface area contributed by atoms with Crippen molar-refractivity contribution in [2.45, 2.75) is 5.88 Å². The lowest BCUT2D eigenvalue weighted by Crippen LogP contribution is -1.76. The van der Waals surface area contributed by atoms with E-state index in [0.29, 0.717) is 5.88 Å². The summed E-state index contributed by atoms with van der Waals surface area (Å²) in [5.41, 5.74) is 0.943. The summed E-state index contributed by atoms with van der Waals surface area (Å²) in [5.74, 6) is 0.226. The molecule has 0 saturated carbocycles. The second kappa shape index (κ2) is 2.83. The van der Waals surface area contributed by atoms with Gasteiger partial charge in [0.1, 0.15) is 5.82 Å². The highest BCUT2D eigenvalue weighted by atomic mass is 35.5. The molecule has 0 saturated heterocycles. The molecule has 0 heterocycles. The first-order valence-electron chi connectivity index (χ1n) is 2.63. The van der Waals surface area contributed by atoms with Crippen molar-refractivity contribution < 1.29 is 4.39 Å². The Morgan fingerprint density at radius 1 is 1.22 bits per heavy atom. The number of alkyl halides is 1. The fourth-order valence-electron chi connectivity index (χ4n) is 0.573. The molecular weight excluding hydrogens is 138 g/mol. The van der Waals surface area contributed by atoms with E-state index in [1.54, 1.807) is 12.1 Å². The van der Waals surface area contributed by atoms with Gasteiger partial charge in [0.25, 0.3) is 0 Å². The third-order valence-corrected chi connectivity index (χ3v) is 1.38. The van der Waals surface area contributed by atoms with Crippen molar-refractivity contribution in [2.24, 2.45) is 0 Å². The van der Waals surface area contributed by atoms with E-state index in [1.165, 1.54) is 12.1 Å². The molecule has 0 N–H and O–H groups in total. The van der Waals surface area contributed by atoms with Crippen LogP contribution in [-0.2, 0) is 5.88 Å². The van der Waals surface area contributed by atoms with Crippen LogP contribution in [0.25, 0.3) is 0 Å². The predicted molar refractivity (Wildman–Crippen MR) is 36.0 cm³/mol. The summed E-state index contributed by atoms with van der Waals surface area (Å²) in [6.07, 6.45) is 0. The average molecular weight is 144 g/mol. The molecular formula is C7H6ClF. The van der Waals surface area contributed by atoms with Crippen molar-refractivity contribution in [3.63, 3.8) is 0 Å². The number of rotatable bonds is 1. The standard InChI is InChI=1S/C7H6ClF/c8-5-6-1-3-7(9)4-2-6/h1-4H,5H2/i9-1. The van der Waals surface area contributed by atoms with Gasteiger partial charge in [-0.3, -0.25) is 0 Å². The summed E-state index contributed by atoms with van der Waals surface area (Å²) in [4.78, 5) is 0.